The number of nitrogens with zero attached hydrogens (tertiary/aromatic N) is 1. The van der Waals surface area contributed by atoms with Crippen molar-refractivity contribution in [2.24, 2.45) is 17.6 Å². The van der Waals surface area contributed by atoms with E-state index < -0.39 is 0 Å². The fourth-order valence-corrected chi connectivity index (χ4v) is 4.42. The number of rotatable bonds is 2. The maximum absolute atomic E-state index is 12.5. The van der Waals surface area contributed by atoms with Gasteiger partial charge in [0, 0.05) is 25.0 Å². The van der Waals surface area contributed by atoms with E-state index in [1.165, 1.54) is 38.5 Å². The van der Waals surface area contributed by atoms with Gasteiger partial charge in [-0.05, 0) is 50.4 Å². The van der Waals surface area contributed by atoms with Crippen LogP contribution in [0.5, 0.6) is 0 Å². The molecule has 0 radical (unpaired) electrons. The smallest absolute Gasteiger partial charge is 0.223 e. The van der Waals surface area contributed by atoms with Gasteiger partial charge in [-0.3, -0.25) is 4.79 Å². The van der Waals surface area contributed by atoms with Crippen molar-refractivity contribution in [1.82, 2.24) is 4.90 Å². The third-order valence-electron chi connectivity index (χ3n) is 5.47. The van der Waals surface area contributed by atoms with Crippen molar-refractivity contribution in [3.8, 4) is 0 Å². The molecule has 1 amide bonds. The number of likely N-dealkylation sites (tertiary alicyclic amines) is 1. The summed E-state index contributed by atoms with van der Waals surface area (Å²) in [6, 6.07) is 0.849. The molecule has 3 rings (SSSR count). The van der Waals surface area contributed by atoms with Gasteiger partial charge in [-0.1, -0.05) is 12.8 Å². The predicted octanol–water partition coefficient (Wildman–Crippen LogP) is 2.72. The number of carbonyl (C=O) groups excluding carboxylic acids is 1. The SMILES string of the molecule is Cl.N[C@@H]1CCC[C@H]1CC(=O)N1CCCC2CCCC21. The molecule has 0 aromatic carbocycles. The van der Waals surface area contributed by atoms with Gasteiger partial charge in [0.2, 0.25) is 5.91 Å². The monoisotopic (exact) mass is 286 g/mol. The summed E-state index contributed by atoms with van der Waals surface area (Å²) >= 11 is 0. The summed E-state index contributed by atoms with van der Waals surface area (Å²) < 4.78 is 0. The molecule has 1 heterocycles. The highest BCUT2D eigenvalue weighted by Crippen LogP contribution is 2.38. The van der Waals surface area contributed by atoms with Crippen molar-refractivity contribution in [3.05, 3.63) is 0 Å². The van der Waals surface area contributed by atoms with Crippen molar-refractivity contribution in [3.63, 3.8) is 0 Å². The molecule has 1 aliphatic heterocycles. The minimum Gasteiger partial charge on any atom is -0.339 e. The van der Waals surface area contributed by atoms with Crippen LogP contribution in [0.25, 0.3) is 0 Å². The Kier molecular flexibility index (Phi) is 5.13. The van der Waals surface area contributed by atoms with Crippen LogP contribution in [0.4, 0.5) is 0 Å². The third kappa shape index (κ3) is 3.08. The Morgan fingerprint density at radius 3 is 2.53 bits per heavy atom. The maximum Gasteiger partial charge on any atom is 0.223 e. The first-order valence-electron chi connectivity index (χ1n) is 7.81. The van der Waals surface area contributed by atoms with E-state index in [4.69, 9.17) is 5.73 Å². The molecule has 2 unspecified atom stereocenters. The molecule has 0 aromatic heterocycles. The zero-order valence-electron chi connectivity index (χ0n) is 11.7. The van der Waals surface area contributed by atoms with Gasteiger partial charge in [0.15, 0.2) is 0 Å². The molecule has 3 fully saturated rings. The summed E-state index contributed by atoms with van der Waals surface area (Å²) in [5, 5.41) is 0. The predicted molar refractivity (Wildman–Crippen MR) is 79.3 cm³/mol. The lowest BCUT2D eigenvalue weighted by molar-refractivity contribution is -0.137. The molecule has 0 spiro atoms. The minimum absolute atomic E-state index is 0. The first-order valence-corrected chi connectivity index (χ1v) is 7.81. The highest BCUT2D eigenvalue weighted by Gasteiger charge is 2.38. The highest BCUT2D eigenvalue weighted by atomic mass is 35.5. The topological polar surface area (TPSA) is 46.3 Å². The van der Waals surface area contributed by atoms with Crippen LogP contribution in [-0.4, -0.2) is 29.4 Å². The Labute approximate surface area is 122 Å². The summed E-state index contributed by atoms with van der Waals surface area (Å²) in [4.78, 5) is 14.7. The van der Waals surface area contributed by atoms with Crippen molar-refractivity contribution >= 4 is 18.3 Å². The number of halogens is 1. The Balaban J connectivity index is 0.00000133. The zero-order valence-corrected chi connectivity index (χ0v) is 12.5. The van der Waals surface area contributed by atoms with Crippen LogP contribution in [0.2, 0.25) is 0 Å². The van der Waals surface area contributed by atoms with Gasteiger partial charge in [0.25, 0.3) is 0 Å². The quantitative estimate of drug-likeness (QED) is 0.848. The number of hydrogen-bond acceptors (Lipinski definition) is 2. The minimum atomic E-state index is 0. The van der Waals surface area contributed by atoms with E-state index in [2.05, 4.69) is 4.90 Å². The Hall–Kier alpha value is -0.280. The summed E-state index contributed by atoms with van der Waals surface area (Å²) in [5.41, 5.74) is 6.09. The van der Waals surface area contributed by atoms with E-state index in [9.17, 15) is 4.79 Å². The molecule has 3 nitrogen and oxygen atoms in total. The fraction of sp³-hybridized carbons (Fsp3) is 0.933. The van der Waals surface area contributed by atoms with Crippen LogP contribution >= 0.6 is 12.4 Å². The van der Waals surface area contributed by atoms with Gasteiger partial charge in [0.05, 0.1) is 0 Å². The second kappa shape index (κ2) is 6.45. The zero-order chi connectivity index (χ0) is 12.5. The summed E-state index contributed by atoms with van der Waals surface area (Å²) in [5.74, 6) is 1.66. The number of piperidine rings is 1. The Morgan fingerprint density at radius 2 is 1.79 bits per heavy atom. The molecular weight excluding hydrogens is 260 g/mol. The first kappa shape index (κ1) is 15.1. The number of hydrogen-bond donors (Lipinski definition) is 1. The number of nitrogens with two attached hydrogens (primary N) is 1. The van der Waals surface area contributed by atoms with Crippen molar-refractivity contribution in [1.29, 1.82) is 0 Å². The average molecular weight is 287 g/mol. The Morgan fingerprint density at radius 1 is 1.05 bits per heavy atom. The summed E-state index contributed by atoms with van der Waals surface area (Å²) in [6.45, 7) is 1.00. The lowest BCUT2D eigenvalue weighted by atomic mass is 9.90. The van der Waals surface area contributed by atoms with Gasteiger partial charge in [-0.2, -0.15) is 0 Å². The molecule has 110 valence electrons. The Bertz CT molecular complexity index is 323. The van der Waals surface area contributed by atoms with Gasteiger partial charge in [0.1, 0.15) is 0 Å². The molecule has 0 aromatic rings. The normalized spacial score (nSPS) is 37.8. The lowest BCUT2D eigenvalue weighted by Crippen LogP contribution is -2.47. The van der Waals surface area contributed by atoms with Gasteiger partial charge in [-0.25, -0.2) is 0 Å². The number of fused-ring (bicyclic) bond motifs is 1. The van der Waals surface area contributed by atoms with Crippen LogP contribution in [0.1, 0.15) is 57.8 Å². The largest absolute Gasteiger partial charge is 0.339 e. The van der Waals surface area contributed by atoms with Gasteiger partial charge < -0.3 is 10.6 Å². The van der Waals surface area contributed by atoms with Crippen molar-refractivity contribution in [2.75, 3.05) is 6.54 Å². The molecule has 2 saturated carbocycles. The first-order chi connectivity index (χ1) is 8.75. The van der Waals surface area contributed by atoms with Crippen molar-refractivity contribution in [2.45, 2.75) is 69.9 Å². The van der Waals surface area contributed by atoms with Crippen LogP contribution in [0.3, 0.4) is 0 Å². The molecule has 0 bridgehead atoms. The standard InChI is InChI=1S/C15H26N2O.ClH/c16-13-7-1-5-12(13)10-15(18)17-9-3-6-11-4-2-8-14(11)17;/h11-14H,1-10,16H2;1H/t11?,12-,13+,14?;/m0./s1. The molecule has 4 heteroatoms. The maximum atomic E-state index is 12.5. The highest BCUT2D eigenvalue weighted by molar-refractivity contribution is 5.85. The second-order valence-electron chi connectivity index (χ2n) is 6.55. The second-order valence-corrected chi connectivity index (χ2v) is 6.55. The summed E-state index contributed by atoms with van der Waals surface area (Å²) in [7, 11) is 0. The molecule has 2 aliphatic carbocycles. The fourth-order valence-electron chi connectivity index (χ4n) is 4.42. The van der Waals surface area contributed by atoms with E-state index in [0.717, 1.165) is 25.3 Å². The third-order valence-corrected chi connectivity index (χ3v) is 5.47. The molecule has 19 heavy (non-hydrogen) atoms. The molecule has 3 aliphatic rings. The van der Waals surface area contributed by atoms with Crippen molar-refractivity contribution < 1.29 is 4.79 Å². The van der Waals surface area contributed by atoms with Gasteiger partial charge in [-0.15, -0.1) is 12.4 Å². The van der Waals surface area contributed by atoms with E-state index in [-0.39, 0.29) is 18.4 Å². The number of carbonyl (C=O) groups is 1. The van der Waals surface area contributed by atoms with Crippen LogP contribution in [-0.2, 0) is 4.79 Å². The average Bonchev–Trinajstić information content (AvgIpc) is 2.98. The van der Waals surface area contributed by atoms with E-state index in [0.29, 0.717) is 24.3 Å². The molecule has 1 saturated heterocycles. The molecule has 4 atom stereocenters. The van der Waals surface area contributed by atoms with Crippen LogP contribution in [0.15, 0.2) is 0 Å². The van der Waals surface area contributed by atoms with E-state index in [1.807, 2.05) is 0 Å². The van der Waals surface area contributed by atoms with Crippen LogP contribution < -0.4 is 5.73 Å². The lowest BCUT2D eigenvalue weighted by Gasteiger charge is -2.38. The summed E-state index contributed by atoms with van der Waals surface area (Å²) in [6.07, 6.45) is 10.7. The van der Waals surface area contributed by atoms with Crippen LogP contribution in [0, 0.1) is 11.8 Å². The molecule has 2 N–H and O–H groups in total. The van der Waals surface area contributed by atoms with Gasteiger partial charge >= 0.3 is 0 Å². The number of amides is 1. The van der Waals surface area contributed by atoms with E-state index >= 15 is 0 Å². The van der Waals surface area contributed by atoms with E-state index in [1.54, 1.807) is 0 Å². The molecular formula is C15H27ClN2O.